The lowest BCUT2D eigenvalue weighted by molar-refractivity contribution is 0.343. The number of likely N-dealkylation sites (tertiary alicyclic amines) is 1. The predicted octanol–water partition coefficient (Wildman–Crippen LogP) is 2.28. The van der Waals surface area contributed by atoms with Crippen molar-refractivity contribution in [2.24, 2.45) is 0 Å². The molecule has 0 amide bonds. The molecule has 1 saturated heterocycles. The average molecular weight is 229 g/mol. The lowest BCUT2D eigenvalue weighted by Crippen LogP contribution is -2.22. The van der Waals surface area contributed by atoms with Crippen molar-refractivity contribution < 1.29 is 0 Å². The molecule has 1 fully saturated rings. The zero-order valence-electron chi connectivity index (χ0n) is 10.4. The van der Waals surface area contributed by atoms with Crippen molar-refractivity contribution in [2.45, 2.75) is 26.2 Å². The molecule has 0 bridgehead atoms. The molecule has 17 heavy (non-hydrogen) atoms. The Labute approximate surface area is 102 Å². The van der Waals surface area contributed by atoms with Crippen molar-refractivity contribution in [1.29, 1.82) is 0 Å². The zero-order chi connectivity index (χ0) is 11.7. The number of nitrogens with zero attached hydrogens (tertiary/aromatic N) is 3. The van der Waals surface area contributed by atoms with Crippen LogP contribution in [-0.4, -0.2) is 34.1 Å². The van der Waals surface area contributed by atoms with E-state index in [2.05, 4.69) is 29.1 Å². The molecule has 2 aromatic heterocycles. The summed E-state index contributed by atoms with van der Waals surface area (Å²) in [6, 6.07) is 6.29. The van der Waals surface area contributed by atoms with Gasteiger partial charge in [-0.3, -0.25) is 0 Å². The number of fused-ring (bicyclic) bond motifs is 1. The molecule has 0 radical (unpaired) electrons. The smallest absolute Gasteiger partial charge is 0.0696 e. The Bertz CT molecular complexity index is 509. The fourth-order valence-electron chi connectivity index (χ4n) is 2.75. The summed E-state index contributed by atoms with van der Waals surface area (Å²) in [4.78, 5) is 2.56. The molecule has 0 atom stereocenters. The quantitative estimate of drug-likeness (QED) is 0.805. The van der Waals surface area contributed by atoms with Gasteiger partial charge in [-0.1, -0.05) is 6.07 Å². The third-order valence-electron chi connectivity index (χ3n) is 3.72. The van der Waals surface area contributed by atoms with Crippen LogP contribution in [0.3, 0.4) is 0 Å². The van der Waals surface area contributed by atoms with Crippen LogP contribution in [0.1, 0.15) is 24.1 Å². The van der Waals surface area contributed by atoms with Gasteiger partial charge in [-0.25, -0.2) is 4.52 Å². The molecule has 3 heteroatoms. The van der Waals surface area contributed by atoms with Crippen molar-refractivity contribution in [3.8, 4) is 0 Å². The first-order valence-corrected chi connectivity index (χ1v) is 6.50. The Hall–Kier alpha value is -1.35. The number of pyridine rings is 1. The van der Waals surface area contributed by atoms with Gasteiger partial charge in [-0.2, -0.15) is 5.10 Å². The second-order valence-electron chi connectivity index (χ2n) is 4.89. The molecular weight excluding hydrogens is 210 g/mol. The van der Waals surface area contributed by atoms with Gasteiger partial charge in [-0.05, 0) is 51.4 Å². The van der Waals surface area contributed by atoms with Crippen LogP contribution < -0.4 is 0 Å². The van der Waals surface area contributed by atoms with Crippen LogP contribution in [0.2, 0.25) is 0 Å². The van der Waals surface area contributed by atoms with E-state index in [-0.39, 0.29) is 0 Å². The first kappa shape index (κ1) is 10.8. The topological polar surface area (TPSA) is 20.5 Å². The highest BCUT2D eigenvalue weighted by atomic mass is 15.2. The van der Waals surface area contributed by atoms with Gasteiger partial charge in [0.2, 0.25) is 0 Å². The van der Waals surface area contributed by atoms with Gasteiger partial charge in [0.15, 0.2) is 0 Å². The summed E-state index contributed by atoms with van der Waals surface area (Å²) >= 11 is 0. The Morgan fingerprint density at radius 1 is 1.24 bits per heavy atom. The second-order valence-corrected chi connectivity index (χ2v) is 4.89. The summed E-state index contributed by atoms with van der Waals surface area (Å²) in [5, 5.41) is 4.56. The first-order valence-electron chi connectivity index (χ1n) is 6.50. The molecule has 0 aromatic carbocycles. The Morgan fingerprint density at radius 2 is 2.06 bits per heavy atom. The highest BCUT2D eigenvalue weighted by molar-refractivity contribution is 5.56. The molecule has 0 saturated carbocycles. The Morgan fingerprint density at radius 3 is 2.88 bits per heavy atom. The Kier molecular flexibility index (Phi) is 2.85. The van der Waals surface area contributed by atoms with E-state index in [1.807, 2.05) is 16.8 Å². The standard InChI is InChI=1S/C14H19N3/c1-12-13(7-11-16-8-4-5-9-16)14-6-2-3-10-17(14)15-12/h2-3,6,10H,4-5,7-9,11H2,1H3. The van der Waals surface area contributed by atoms with Gasteiger partial charge in [-0.15, -0.1) is 0 Å². The van der Waals surface area contributed by atoms with Gasteiger partial charge in [0.25, 0.3) is 0 Å². The molecule has 0 spiro atoms. The summed E-state index contributed by atoms with van der Waals surface area (Å²) in [5.74, 6) is 0. The lowest BCUT2D eigenvalue weighted by Gasteiger charge is -2.13. The van der Waals surface area contributed by atoms with Crippen molar-refractivity contribution in [2.75, 3.05) is 19.6 Å². The molecule has 0 aliphatic carbocycles. The number of aromatic nitrogens is 2. The normalized spacial score (nSPS) is 17.0. The molecular formula is C14H19N3. The second kappa shape index (κ2) is 4.49. The van der Waals surface area contributed by atoms with E-state index in [1.165, 1.54) is 49.2 Å². The lowest BCUT2D eigenvalue weighted by atomic mass is 10.1. The van der Waals surface area contributed by atoms with Crippen LogP contribution in [0.4, 0.5) is 0 Å². The van der Waals surface area contributed by atoms with Gasteiger partial charge >= 0.3 is 0 Å². The monoisotopic (exact) mass is 229 g/mol. The number of hydrogen-bond donors (Lipinski definition) is 0. The largest absolute Gasteiger partial charge is 0.303 e. The molecule has 3 heterocycles. The summed E-state index contributed by atoms with van der Waals surface area (Å²) < 4.78 is 1.99. The SMILES string of the molecule is Cc1nn2ccccc2c1CCN1CCCC1. The van der Waals surface area contributed by atoms with E-state index in [4.69, 9.17) is 0 Å². The molecule has 3 nitrogen and oxygen atoms in total. The van der Waals surface area contributed by atoms with Gasteiger partial charge in [0.1, 0.15) is 0 Å². The van der Waals surface area contributed by atoms with Crippen molar-refractivity contribution >= 4 is 5.52 Å². The van der Waals surface area contributed by atoms with Crippen LogP contribution in [0.25, 0.3) is 5.52 Å². The highest BCUT2D eigenvalue weighted by Gasteiger charge is 2.14. The van der Waals surface area contributed by atoms with Crippen molar-refractivity contribution in [3.05, 3.63) is 35.7 Å². The highest BCUT2D eigenvalue weighted by Crippen LogP contribution is 2.17. The molecule has 2 aromatic rings. The Balaban J connectivity index is 1.81. The van der Waals surface area contributed by atoms with E-state index in [1.54, 1.807) is 0 Å². The molecule has 3 rings (SSSR count). The number of rotatable bonds is 3. The number of aryl methyl sites for hydroxylation is 1. The summed E-state index contributed by atoms with van der Waals surface area (Å²) in [6.07, 6.45) is 5.89. The fourth-order valence-corrected chi connectivity index (χ4v) is 2.75. The van der Waals surface area contributed by atoms with E-state index >= 15 is 0 Å². The maximum atomic E-state index is 4.56. The van der Waals surface area contributed by atoms with Crippen LogP contribution in [0.5, 0.6) is 0 Å². The van der Waals surface area contributed by atoms with Crippen LogP contribution in [0.15, 0.2) is 24.4 Å². The van der Waals surface area contributed by atoms with Crippen molar-refractivity contribution in [1.82, 2.24) is 14.5 Å². The van der Waals surface area contributed by atoms with Crippen LogP contribution >= 0.6 is 0 Å². The molecule has 0 N–H and O–H groups in total. The van der Waals surface area contributed by atoms with E-state index in [0.717, 1.165) is 6.42 Å². The third kappa shape index (κ3) is 2.07. The molecule has 1 aliphatic rings. The maximum absolute atomic E-state index is 4.56. The fraction of sp³-hybridized carbons (Fsp3) is 0.500. The minimum absolute atomic E-state index is 1.12. The van der Waals surface area contributed by atoms with Crippen LogP contribution in [0, 0.1) is 6.92 Å². The van der Waals surface area contributed by atoms with Gasteiger partial charge in [0.05, 0.1) is 11.2 Å². The summed E-state index contributed by atoms with van der Waals surface area (Å²) in [5.41, 5.74) is 3.86. The van der Waals surface area contributed by atoms with Gasteiger partial charge in [0, 0.05) is 18.3 Å². The summed E-state index contributed by atoms with van der Waals surface area (Å²) in [6.45, 7) is 5.85. The minimum atomic E-state index is 1.12. The predicted molar refractivity (Wildman–Crippen MR) is 69.3 cm³/mol. The first-order chi connectivity index (χ1) is 8.34. The zero-order valence-corrected chi connectivity index (χ0v) is 10.4. The van der Waals surface area contributed by atoms with E-state index in [0.29, 0.717) is 0 Å². The molecule has 0 unspecified atom stereocenters. The van der Waals surface area contributed by atoms with Gasteiger partial charge < -0.3 is 4.90 Å². The minimum Gasteiger partial charge on any atom is -0.303 e. The summed E-state index contributed by atoms with van der Waals surface area (Å²) in [7, 11) is 0. The van der Waals surface area contributed by atoms with Crippen molar-refractivity contribution in [3.63, 3.8) is 0 Å². The number of hydrogen-bond acceptors (Lipinski definition) is 2. The third-order valence-corrected chi connectivity index (χ3v) is 3.72. The molecule has 1 aliphatic heterocycles. The average Bonchev–Trinajstić information content (AvgIpc) is 2.93. The molecule has 90 valence electrons. The van der Waals surface area contributed by atoms with E-state index < -0.39 is 0 Å². The van der Waals surface area contributed by atoms with Crippen LogP contribution in [-0.2, 0) is 6.42 Å². The maximum Gasteiger partial charge on any atom is 0.0696 e. The van der Waals surface area contributed by atoms with E-state index in [9.17, 15) is 0 Å².